The Hall–Kier alpha value is -2.63. The highest BCUT2D eigenvalue weighted by Gasteiger charge is 2.36. The first-order chi connectivity index (χ1) is 14.2. The van der Waals surface area contributed by atoms with Crippen molar-refractivity contribution in [3.8, 4) is 5.75 Å². The number of ether oxygens (including phenoxy) is 1. The lowest BCUT2D eigenvalue weighted by Gasteiger charge is -2.41. The van der Waals surface area contributed by atoms with Gasteiger partial charge in [0.15, 0.2) is 0 Å². The Kier molecular flexibility index (Phi) is 4.45. The van der Waals surface area contributed by atoms with Crippen LogP contribution in [-0.4, -0.2) is 40.7 Å². The lowest BCUT2D eigenvalue weighted by molar-refractivity contribution is 0.0586. The molecule has 1 atom stereocenters. The highest BCUT2D eigenvalue weighted by Crippen LogP contribution is 2.41. The molecule has 2 aliphatic heterocycles. The molecule has 5 rings (SSSR count). The summed E-state index contributed by atoms with van der Waals surface area (Å²) in [7, 11) is 1.58. The van der Waals surface area contributed by atoms with Crippen LogP contribution in [0.25, 0.3) is 21.5 Å². The maximum absolute atomic E-state index is 13.6. The maximum Gasteiger partial charge on any atom is 0.255 e. The van der Waals surface area contributed by atoms with E-state index >= 15 is 0 Å². The van der Waals surface area contributed by atoms with Gasteiger partial charge in [0.25, 0.3) is 5.91 Å². The van der Waals surface area contributed by atoms with Crippen molar-refractivity contribution >= 4 is 27.5 Å². The molecule has 3 aromatic rings. The van der Waals surface area contributed by atoms with Crippen LogP contribution in [0.4, 0.5) is 0 Å². The molecule has 0 bridgehead atoms. The monoisotopic (exact) mass is 391 g/mol. The van der Waals surface area contributed by atoms with Crippen LogP contribution in [0, 0.1) is 0 Å². The fourth-order valence-electron chi connectivity index (χ4n) is 5.16. The average molecular weight is 391 g/mol. The van der Waals surface area contributed by atoms with E-state index in [-0.39, 0.29) is 25.2 Å². The maximum atomic E-state index is 13.6. The van der Waals surface area contributed by atoms with Gasteiger partial charge >= 0.3 is 0 Å². The molecule has 0 aliphatic carbocycles. The van der Waals surface area contributed by atoms with Gasteiger partial charge in [-0.3, -0.25) is 4.79 Å². The van der Waals surface area contributed by atoms with E-state index in [1.165, 1.54) is 0 Å². The van der Waals surface area contributed by atoms with Gasteiger partial charge in [-0.1, -0.05) is 12.1 Å². The van der Waals surface area contributed by atoms with Crippen LogP contribution in [0.15, 0.2) is 30.3 Å². The van der Waals surface area contributed by atoms with Gasteiger partial charge in [0.2, 0.25) is 0 Å². The smallest absolute Gasteiger partial charge is 0.255 e. The van der Waals surface area contributed by atoms with Crippen LogP contribution in [0.2, 0.25) is 0 Å². The minimum absolute atomic E-state index is 0.0349. The fourth-order valence-corrected chi connectivity index (χ4v) is 5.16. The second kappa shape index (κ2) is 7.01. The third kappa shape index (κ3) is 2.72. The van der Waals surface area contributed by atoms with Gasteiger partial charge in [0.05, 0.1) is 25.9 Å². The number of hydrogen-bond donors (Lipinski definition) is 2. The topological polar surface area (TPSA) is 70.0 Å². The number of benzene rings is 3. The predicted octanol–water partition coefficient (Wildman–Crippen LogP) is 3.54. The molecule has 0 aromatic heterocycles. The Bertz CT molecular complexity index is 1140. The summed E-state index contributed by atoms with van der Waals surface area (Å²) in [5.41, 5.74) is 3.39. The van der Waals surface area contributed by atoms with Crippen molar-refractivity contribution in [1.82, 2.24) is 4.90 Å². The van der Waals surface area contributed by atoms with Gasteiger partial charge in [0, 0.05) is 18.2 Å². The van der Waals surface area contributed by atoms with Crippen molar-refractivity contribution in [3.05, 3.63) is 52.6 Å². The normalized spacial score (nSPS) is 18.8. The minimum Gasteiger partial charge on any atom is -0.496 e. The Balaban J connectivity index is 1.90. The summed E-state index contributed by atoms with van der Waals surface area (Å²) in [4.78, 5) is 15.6. The zero-order valence-corrected chi connectivity index (χ0v) is 16.6. The zero-order chi connectivity index (χ0) is 20.1. The van der Waals surface area contributed by atoms with E-state index in [1.54, 1.807) is 7.11 Å². The first-order valence-corrected chi connectivity index (χ1v) is 10.3. The summed E-state index contributed by atoms with van der Waals surface area (Å²) in [5, 5.41) is 23.4. The van der Waals surface area contributed by atoms with Gasteiger partial charge in [-0.25, -0.2) is 0 Å². The van der Waals surface area contributed by atoms with Crippen LogP contribution in [-0.2, 0) is 19.6 Å². The second-order valence-electron chi connectivity index (χ2n) is 8.11. The van der Waals surface area contributed by atoms with Gasteiger partial charge in [-0.05, 0) is 76.6 Å². The molecule has 150 valence electrons. The van der Waals surface area contributed by atoms with Crippen molar-refractivity contribution in [3.63, 3.8) is 0 Å². The van der Waals surface area contributed by atoms with Crippen molar-refractivity contribution < 1.29 is 19.7 Å². The summed E-state index contributed by atoms with van der Waals surface area (Å²) in [6, 6.07) is 10.1. The molecule has 2 aliphatic rings. The molecule has 5 nitrogen and oxygen atoms in total. The number of carbonyl (C=O) groups excluding carboxylic acids is 1. The molecule has 2 N–H and O–H groups in total. The SMILES string of the molecule is COc1cc2c3c(c4ccc(CO)cc4c2cc1CO)CC1CCCCN1C3=O. The van der Waals surface area contributed by atoms with Crippen molar-refractivity contribution in [2.45, 2.75) is 44.9 Å². The largest absolute Gasteiger partial charge is 0.496 e. The minimum atomic E-state index is -0.139. The van der Waals surface area contributed by atoms with Gasteiger partial charge in [-0.15, -0.1) is 0 Å². The molecule has 1 fully saturated rings. The number of methoxy groups -OCH3 is 1. The van der Waals surface area contributed by atoms with Crippen molar-refractivity contribution in [1.29, 1.82) is 0 Å². The summed E-state index contributed by atoms with van der Waals surface area (Å²) < 4.78 is 5.51. The summed E-state index contributed by atoms with van der Waals surface area (Å²) in [6.45, 7) is 0.643. The first-order valence-electron chi connectivity index (χ1n) is 10.3. The quantitative estimate of drug-likeness (QED) is 0.670. The molecule has 0 saturated carbocycles. The van der Waals surface area contributed by atoms with Crippen LogP contribution < -0.4 is 4.74 Å². The molecule has 0 radical (unpaired) electrons. The Morgan fingerprint density at radius 2 is 1.86 bits per heavy atom. The Morgan fingerprint density at radius 3 is 2.62 bits per heavy atom. The Morgan fingerprint density at radius 1 is 1.03 bits per heavy atom. The number of nitrogens with zero attached hydrogens (tertiary/aromatic N) is 1. The van der Waals surface area contributed by atoms with E-state index in [0.29, 0.717) is 11.3 Å². The molecule has 5 heteroatoms. The van der Waals surface area contributed by atoms with Crippen molar-refractivity contribution in [2.24, 2.45) is 0 Å². The van der Waals surface area contributed by atoms with E-state index < -0.39 is 0 Å². The molecule has 29 heavy (non-hydrogen) atoms. The Labute approximate surface area is 169 Å². The molecule has 1 amide bonds. The lowest BCUT2D eigenvalue weighted by atomic mass is 9.81. The van der Waals surface area contributed by atoms with Gasteiger partial charge < -0.3 is 19.8 Å². The lowest BCUT2D eigenvalue weighted by Crippen LogP contribution is -2.48. The van der Waals surface area contributed by atoms with E-state index in [9.17, 15) is 15.0 Å². The number of aliphatic hydroxyl groups is 2. The van der Waals surface area contributed by atoms with E-state index in [1.807, 2.05) is 35.2 Å². The zero-order valence-electron chi connectivity index (χ0n) is 16.6. The standard InChI is InChI=1S/C24H25NO4/c1-29-22-11-21-19(9-15(22)13-27)18-8-14(12-26)5-6-17(18)20-10-16-4-2-3-7-25(16)24(28)23(20)21/h5-6,8-9,11,16,26-27H,2-4,7,10,12-13H2,1H3. The van der Waals surface area contributed by atoms with Crippen LogP contribution >= 0.6 is 0 Å². The molecule has 2 heterocycles. The van der Waals surface area contributed by atoms with Crippen LogP contribution in [0.5, 0.6) is 5.75 Å². The van der Waals surface area contributed by atoms with E-state index in [4.69, 9.17) is 4.74 Å². The molecule has 1 unspecified atom stereocenters. The summed E-state index contributed by atoms with van der Waals surface area (Å²) >= 11 is 0. The third-order valence-corrected chi connectivity index (χ3v) is 6.59. The van der Waals surface area contributed by atoms with E-state index in [0.717, 1.165) is 70.5 Å². The number of amides is 1. The second-order valence-corrected chi connectivity index (χ2v) is 8.11. The van der Waals surface area contributed by atoms with Crippen LogP contribution in [0.3, 0.4) is 0 Å². The highest BCUT2D eigenvalue weighted by molar-refractivity contribution is 6.20. The van der Waals surface area contributed by atoms with Crippen LogP contribution in [0.1, 0.15) is 46.3 Å². The van der Waals surface area contributed by atoms with Gasteiger partial charge in [-0.2, -0.15) is 0 Å². The predicted molar refractivity (Wildman–Crippen MR) is 112 cm³/mol. The number of piperidine rings is 1. The summed E-state index contributed by atoms with van der Waals surface area (Å²) in [5.74, 6) is 0.696. The summed E-state index contributed by atoms with van der Waals surface area (Å²) in [6.07, 6.45) is 4.13. The highest BCUT2D eigenvalue weighted by atomic mass is 16.5. The fraction of sp³-hybridized carbons (Fsp3) is 0.375. The number of carbonyl (C=O) groups is 1. The average Bonchev–Trinajstić information content (AvgIpc) is 2.77. The number of aliphatic hydroxyl groups excluding tert-OH is 2. The van der Waals surface area contributed by atoms with Gasteiger partial charge in [0.1, 0.15) is 5.75 Å². The molecular formula is C24H25NO4. The van der Waals surface area contributed by atoms with E-state index in [2.05, 4.69) is 0 Å². The third-order valence-electron chi connectivity index (χ3n) is 6.59. The first kappa shape index (κ1) is 18.4. The molecular weight excluding hydrogens is 366 g/mol. The number of hydrogen-bond acceptors (Lipinski definition) is 4. The molecule has 0 spiro atoms. The number of fused-ring (bicyclic) bond motifs is 7. The number of rotatable bonds is 3. The van der Waals surface area contributed by atoms with Crippen molar-refractivity contribution in [2.75, 3.05) is 13.7 Å². The molecule has 1 saturated heterocycles. The molecule has 3 aromatic carbocycles.